The van der Waals surface area contributed by atoms with Crippen molar-refractivity contribution in [1.82, 2.24) is 10.2 Å². The lowest BCUT2D eigenvalue weighted by Gasteiger charge is -2.32. The van der Waals surface area contributed by atoms with Gasteiger partial charge in [0.1, 0.15) is 18.4 Å². The summed E-state index contributed by atoms with van der Waals surface area (Å²) < 4.78 is 43.0. The number of rotatable bonds is 12. The van der Waals surface area contributed by atoms with E-state index in [-0.39, 0.29) is 23.0 Å². The third-order valence-corrected chi connectivity index (χ3v) is 8.52. The van der Waals surface area contributed by atoms with E-state index in [1.54, 1.807) is 19.1 Å². The highest BCUT2D eigenvalue weighted by Gasteiger charge is 2.32. The summed E-state index contributed by atoms with van der Waals surface area (Å²) in [7, 11) is -4.20. The molecule has 0 saturated carbocycles. The molecule has 0 bridgehead atoms. The number of unbranched alkanes of at least 4 members (excludes halogenated alkanes) is 1. The monoisotopic (exact) mass is 617 g/mol. The highest BCUT2D eigenvalue weighted by Crippen LogP contribution is 2.25. The minimum absolute atomic E-state index is 0.00544. The fraction of sp³-hybridized carbons (Fsp3) is 0.310. The van der Waals surface area contributed by atoms with Gasteiger partial charge in [0, 0.05) is 17.6 Å². The van der Waals surface area contributed by atoms with Gasteiger partial charge in [0.2, 0.25) is 11.8 Å². The fourth-order valence-electron chi connectivity index (χ4n) is 3.92. The number of carbonyl (C=O) groups excluding carboxylic acids is 2. The van der Waals surface area contributed by atoms with Crippen molar-refractivity contribution in [3.63, 3.8) is 0 Å². The molecule has 1 N–H and O–H groups in total. The number of halogens is 2. The van der Waals surface area contributed by atoms with E-state index in [4.69, 9.17) is 0 Å². The maximum atomic E-state index is 13.8. The highest BCUT2D eigenvalue weighted by molar-refractivity contribution is 9.10. The van der Waals surface area contributed by atoms with Crippen LogP contribution < -0.4 is 9.62 Å². The molecule has 3 aromatic rings. The molecule has 208 valence electrons. The lowest BCUT2D eigenvalue weighted by Crippen LogP contribution is -2.51. The number of hydrogen-bond donors (Lipinski definition) is 1. The van der Waals surface area contributed by atoms with Crippen LogP contribution in [0.2, 0.25) is 0 Å². The first-order chi connectivity index (χ1) is 18.5. The van der Waals surface area contributed by atoms with Gasteiger partial charge in [0.15, 0.2) is 0 Å². The number of anilines is 1. The average molecular weight is 619 g/mol. The van der Waals surface area contributed by atoms with Gasteiger partial charge in [-0.2, -0.15) is 0 Å². The Morgan fingerprint density at radius 1 is 1.03 bits per heavy atom. The van der Waals surface area contributed by atoms with E-state index in [9.17, 15) is 22.4 Å². The van der Waals surface area contributed by atoms with E-state index >= 15 is 0 Å². The van der Waals surface area contributed by atoms with E-state index in [2.05, 4.69) is 21.2 Å². The van der Waals surface area contributed by atoms with Gasteiger partial charge in [-0.15, -0.1) is 0 Å². The second-order valence-corrected chi connectivity index (χ2v) is 12.1. The Morgan fingerprint density at radius 2 is 1.69 bits per heavy atom. The quantitative estimate of drug-likeness (QED) is 0.275. The molecule has 0 fully saturated rings. The first kappa shape index (κ1) is 30.3. The molecular weight excluding hydrogens is 585 g/mol. The molecule has 1 atom stereocenters. The van der Waals surface area contributed by atoms with E-state index < -0.39 is 34.3 Å². The van der Waals surface area contributed by atoms with Crippen molar-refractivity contribution in [3.05, 3.63) is 94.2 Å². The maximum Gasteiger partial charge on any atom is 0.264 e. The third kappa shape index (κ3) is 8.12. The summed E-state index contributed by atoms with van der Waals surface area (Å²) in [6.07, 6.45) is 1.70. The number of carbonyl (C=O) groups is 2. The lowest BCUT2D eigenvalue weighted by atomic mass is 10.1. The minimum atomic E-state index is -4.20. The number of nitrogens with one attached hydrogen (secondary N) is 1. The number of sulfonamides is 1. The van der Waals surface area contributed by atoms with Gasteiger partial charge in [-0.05, 0) is 74.4 Å². The van der Waals surface area contributed by atoms with Crippen molar-refractivity contribution in [2.24, 2.45) is 0 Å². The molecule has 0 aliphatic heterocycles. The second-order valence-electron chi connectivity index (χ2n) is 9.27. The molecule has 3 aromatic carbocycles. The average Bonchev–Trinajstić information content (AvgIpc) is 2.90. The van der Waals surface area contributed by atoms with Crippen LogP contribution in [0.25, 0.3) is 0 Å². The molecule has 10 heteroatoms. The van der Waals surface area contributed by atoms with Crippen LogP contribution in [0.3, 0.4) is 0 Å². The summed E-state index contributed by atoms with van der Waals surface area (Å²) in [4.78, 5) is 28.2. The Balaban J connectivity index is 1.99. The van der Waals surface area contributed by atoms with Gasteiger partial charge < -0.3 is 10.2 Å². The summed E-state index contributed by atoms with van der Waals surface area (Å²) in [5.41, 5.74) is 1.77. The molecule has 0 spiro atoms. The number of aryl methyl sites for hydroxylation is 1. The Kier molecular flexibility index (Phi) is 10.7. The van der Waals surface area contributed by atoms with E-state index in [1.807, 2.05) is 38.1 Å². The molecule has 7 nitrogen and oxygen atoms in total. The summed E-state index contributed by atoms with van der Waals surface area (Å²) >= 11 is 3.43. The van der Waals surface area contributed by atoms with Crippen molar-refractivity contribution < 1.29 is 22.4 Å². The summed E-state index contributed by atoms with van der Waals surface area (Å²) in [6.45, 7) is 5.45. The Labute approximate surface area is 238 Å². The summed E-state index contributed by atoms with van der Waals surface area (Å²) in [5, 5.41) is 2.85. The molecule has 39 heavy (non-hydrogen) atoms. The SMILES string of the molecule is CCCCNC(=O)[C@@H](C)N(Cc1cccc(Br)c1)C(=O)CN(c1ccc(F)cc1)S(=O)(=O)c1ccc(C)cc1. The number of amides is 2. The van der Waals surface area contributed by atoms with E-state index in [1.165, 1.54) is 29.2 Å². The van der Waals surface area contributed by atoms with Crippen LogP contribution in [0.15, 0.2) is 82.2 Å². The Hall–Kier alpha value is -3.24. The zero-order valence-electron chi connectivity index (χ0n) is 22.2. The van der Waals surface area contributed by atoms with Crippen molar-refractivity contribution in [2.75, 3.05) is 17.4 Å². The van der Waals surface area contributed by atoms with Gasteiger partial charge in [-0.3, -0.25) is 13.9 Å². The van der Waals surface area contributed by atoms with Crippen LogP contribution in [-0.2, 0) is 26.2 Å². The molecular formula is C29H33BrFN3O4S. The molecule has 0 aliphatic rings. The summed E-state index contributed by atoms with van der Waals surface area (Å²) in [5.74, 6) is -1.44. The van der Waals surface area contributed by atoms with Crippen molar-refractivity contribution in [1.29, 1.82) is 0 Å². The lowest BCUT2D eigenvalue weighted by molar-refractivity contribution is -0.139. The van der Waals surface area contributed by atoms with Crippen LogP contribution >= 0.6 is 15.9 Å². The normalized spacial score (nSPS) is 12.0. The van der Waals surface area contributed by atoms with Gasteiger partial charge >= 0.3 is 0 Å². The second kappa shape index (κ2) is 13.7. The third-order valence-electron chi connectivity index (χ3n) is 6.24. The molecule has 0 heterocycles. The number of hydrogen-bond acceptors (Lipinski definition) is 4. The molecule has 3 rings (SSSR count). The smallest absolute Gasteiger partial charge is 0.264 e. The Bertz CT molecular complexity index is 1380. The molecule has 0 radical (unpaired) electrons. The topological polar surface area (TPSA) is 86.8 Å². The first-order valence-electron chi connectivity index (χ1n) is 12.7. The number of nitrogens with zero attached hydrogens (tertiary/aromatic N) is 2. The van der Waals surface area contributed by atoms with Crippen LogP contribution in [0.4, 0.5) is 10.1 Å². The predicted octanol–water partition coefficient (Wildman–Crippen LogP) is 5.43. The first-order valence-corrected chi connectivity index (χ1v) is 14.9. The van der Waals surface area contributed by atoms with E-state index in [0.29, 0.717) is 6.54 Å². The van der Waals surface area contributed by atoms with E-state index in [0.717, 1.165) is 44.9 Å². The zero-order valence-corrected chi connectivity index (χ0v) is 24.6. The van der Waals surface area contributed by atoms with Crippen LogP contribution in [0.1, 0.15) is 37.8 Å². The van der Waals surface area contributed by atoms with Crippen molar-refractivity contribution >= 4 is 43.5 Å². The molecule has 0 unspecified atom stereocenters. The fourth-order valence-corrected chi connectivity index (χ4v) is 5.79. The van der Waals surface area contributed by atoms with Crippen LogP contribution in [0.5, 0.6) is 0 Å². The minimum Gasteiger partial charge on any atom is -0.354 e. The van der Waals surface area contributed by atoms with Crippen LogP contribution in [0, 0.1) is 12.7 Å². The van der Waals surface area contributed by atoms with Crippen molar-refractivity contribution in [3.8, 4) is 0 Å². The van der Waals surface area contributed by atoms with Crippen molar-refractivity contribution in [2.45, 2.75) is 51.1 Å². The largest absolute Gasteiger partial charge is 0.354 e. The van der Waals surface area contributed by atoms with Gasteiger partial charge in [0.05, 0.1) is 10.6 Å². The zero-order chi connectivity index (χ0) is 28.6. The van der Waals surface area contributed by atoms with Crippen LogP contribution in [-0.4, -0.2) is 44.3 Å². The van der Waals surface area contributed by atoms with Gasteiger partial charge in [0.25, 0.3) is 10.0 Å². The predicted molar refractivity (Wildman–Crippen MR) is 154 cm³/mol. The number of benzene rings is 3. The molecule has 0 aromatic heterocycles. The molecule has 0 saturated heterocycles. The van der Waals surface area contributed by atoms with Gasteiger partial charge in [-0.1, -0.05) is 59.1 Å². The molecule has 2 amide bonds. The molecule has 0 aliphatic carbocycles. The maximum absolute atomic E-state index is 13.8. The standard InChI is InChI=1S/C29H33BrFN3O4S/c1-4-5-17-32-29(36)22(3)33(19-23-7-6-8-24(30)18-23)28(35)20-34(26-13-11-25(31)12-14-26)39(37,38)27-15-9-21(2)10-16-27/h6-16,18,22H,4-5,17,19-20H2,1-3H3,(H,32,36)/t22-/m1/s1. The summed E-state index contributed by atoms with van der Waals surface area (Å²) in [6, 6.07) is 17.6. The Morgan fingerprint density at radius 3 is 2.31 bits per heavy atom. The van der Waals surface area contributed by atoms with Gasteiger partial charge in [-0.25, -0.2) is 12.8 Å². The highest BCUT2D eigenvalue weighted by atomic mass is 79.9.